The van der Waals surface area contributed by atoms with Gasteiger partial charge < -0.3 is 9.47 Å². The van der Waals surface area contributed by atoms with Crippen LogP contribution in [0.4, 0.5) is 0 Å². The number of esters is 1. The third-order valence-electron chi connectivity index (χ3n) is 1.64. The molecule has 0 aromatic carbocycles. The van der Waals surface area contributed by atoms with Crippen LogP contribution in [0.25, 0.3) is 0 Å². The van der Waals surface area contributed by atoms with E-state index in [4.69, 9.17) is 9.47 Å². The second kappa shape index (κ2) is 2.33. The lowest BCUT2D eigenvalue weighted by Crippen LogP contribution is -2.04. The molecular weight excluding hydrogens is 132 g/mol. The number of hydrogen-bond donors (Lipinski definition) is 0. The highest BCUT2D eigenvalue weighted by Crippen LogP contribution is 2.21. The molecule has 0 spiro atoms. The third-order valence-corrected chi connectivity index (χ3v) is 1.64. The normalized spacial score (nSPS) is 25.1. The Balaban J connectivity index is 2.90. The largest absolute Gasteiger partial charge is 0.490 e. The number of carbonyl (C=O) groups excluding carboxylic acids is 1. The molecule has 0 radical (unpaired) electrons. The molecule has 0 amide bonds. The molecule has 0 saturated carbocycles. The summed E-state index contributed by atoms with van der Waals surface area (Å²) >= 11 is 0. The summed E-state index contributed by atoms with van der Waals surface area (Å²) < 4.78 is 9.65. The van der Waals surface area contributed by atoms with Crippen LogP contribution >= 0.6 is 0 Å². The second-order valence-electron chi connectivity index (χ2n) is 2.26. The molecule has 56 valence electrons. The van der Waals surface area contributed by atoms with E-state index in [1.54, 1.807) is 0 Å². The summed E-state index contributed by atoms with van der Waals surface area (Å²) in [6.07, 6.45) is -0.123. The second-order valence-corrected chi connectivity index (χ2v) is 2.26. The molecule has 10 heavy (non-hydrogen) atoms. The van der Waals surface area contributed by atoms with Crippen molar-refractivity contribution in [3.05, 3.63) is 11.3 Å². The van der Waals surface area contributed by atoms with Crippen LogP contribution in [0.5, 0.6) is 0 Å². The van der Waals surface area contributed by atoms with Crippen LogP contribution in [0.2, 0.25) is 0 Å². The summed E-state index contributed by atoms with van der Waals surface area (Å²) in [7, 11) is 1.47. The minimum absolute atomic E-state index is 0.123. The van der Waals surface area contributed by atoms with E-state index in [-0.39, 0.29) is 12.1 Å². The van der Waals surface area contributed by atoms with Gasteiger partial charge in [0, 0.05) is 5.57 Å². The van der Waals surface area contributed by atoms with Gasteiger partial charge in [-0.25, -0.2) is 4.79 Å². The molecule has 3 heteroatoms. The van der Waals surface area contributed by atoms with Crippen LogP contribution in [-0.2, 0) is 14.3 Å². The maximum absolute atomic E-state index is 10.8. The summed E-state index contributed by atoms with van der Waals surface area (Å²) in [4.78, 5) is 10.8. The number of methoxy groups -OCH3 is 1. The van der Waals surface area contributed by atoms with Crippen molar-refractivity contribution in [2.45, 2.75) is 20.0 Å². The van der Waals surface area contributed by atoms with Gasteiger partial charge in [0.15, 0.2) is 0 Å². The topological polar surface area (TPSA) is 35.5 Å². The summed E-state index contributed by atoms with van der Waals surface area (Å²) in [6, 6.07) is 0. The highest BCUT2D eigenvalue weighted by Gasteiger charge is 2.28. The van der Waals surface area contributed by atoms with Crippen LogP contribution in [0.1, 0.15) is 13.8 Å². The Morgan fingerprint density at radius 2 is 2.20 bits per heavy atom. The van der Waals surface area contributed by atoms with Crippen molar-refractivity contribution in [3.8, 4) is 0 Å². The first-order valence-corrected chi connectivity index (χ1v) is 3.12. The van der Waals surface area contributed by atoms with Crippen molar-refractivity contribution in [2.24, 2.45) is 0 Å². The van der Waals surface area contributed by atoms with Gasteiger partial charge in [0.2, 0.25) is 5.76 Å². The Morgan fingerprint density at radius 3 is 2.40 bits per heavy atom. The number of ether oxygens (including phenoxy) is 2. The zero-order valence-corrected chi connectivity index (χ0v) is 6.30. The summed E-state index contributed by atoms with van der Waals surface area (Å²) in [5, 5.41) is 0. The molecule has 1 rings (SSSR count). The van der Waals surface area contributed by atoms with E-state index in [0.29, 0.717) is 5.76 Å². The van der Waals surface area contributed by atoms with Crippen LogP contribution < -0.4 is 0 Å². The van der Waals surface area contributed by atoms with Crippen molar-refractivity contribution in [2.75, 3.05) is 7.11 Å². The predicted molar refractivity (Wildman–Crippen MR) is 35.3 cm³/mol. The summed E-state index contributed by atoms with van der Waals surface area (Å²) in [5.41, 5.74) is 0.868. The van der Waals surface area contributed by atoms with E-state index in [1.807, 2.05) is 13.8 Å². The average molecular weight is 142 g/mol. The monoisotopic (exact) mass is 142 g/mol. The SMILES string of the molecule is COC1=C(C)[C@H](C)OC1=O. The lowest BCUT2D eigenvalue weighted by molar-refractivity contribution is -0.141. The molecule has 1 heterocycles. The predicted octanol–water partition coefficient (Wildman–Crippen LogP) is 0.852. The minimum Gasteiger partial charge on any atom is -0.490 e. The third kappa shape index (κ3) is 0.875. The molecule has 0 fully saturated rings. The first-order valence-electron chi connectivity index (χ1n) is 3.12. The Kier molecular flexibility index (Phi) is 1.66. The fraction of sp³-hybridized carbons (Fsp3) is 0.571. The quantitative estimate of drug-likeness (QED) is 0.509. The van der Waals surface area contributed by atoms with E-state index in [1.165, 1.54) is 7.11 Å². The smallest absolute Gasteiger partial charge is 0.374 e. The zero-order chi connectivity index (χ0) is 7.72. The van der Waals surface area contributed by atoms with Gasteiger partial charge >= 0.3 is 5.97 Å². The summed E-state index contributed by atoms with van der Waals surface area (Å²) in [5.74, 6) is 0.000000000000000444. The van der Waals surface area contributed by atoms with Crippen LogP contribution in [0.15, 0.2) is 11.3 Å². The highest BCUT2D eigenvalue weighted by atomic mass is 16.6. The van der Waals surface area contributed by atoms with Crippen molar-refractivity contribution >= 4 is 5.97 Å². The molecule has 0 aromatic heterocycles. The van der Waals surface area contributed by atoms with Crippen LogP contribution in [-0.4, -0.2) is 19.2 Å². The Labute approximate surface area is 59.6 Å². The van der Waals surface area contributed by atoms with Gasteiger partial charge in [-0.15, -0.1) is 0 Å². The number of hydrogen-bond acceptors (Lipinski definition) is 3. The van der Waals surface area contributed by atoms with Gasteiger partial charge in [0.05, 0.1) is 7.11 Å². The molecule has 1 aliphatic heterocycles. The maximum Gasteiger partial charge on any atom is 0.374 e. The number of rotatable bonds is 1. The first-order chi connectivity index (χ1) is 4.66. The lowest BCUT2D eigenvalue weighted by atomic mass is 10.2. The van der Waals surface area contributed by atoms with Gasteiger partial charge in [-0.2, -0.15) is 0 Å². The van der Waals surface area contributed by atoms with Gasteiger partial charge in [0.25, 0.3) is 0 Å². The minimum atomic E-state index is -0.354. The maximum atomic E-state index is 10.8. The number of carbonyl (C=O) groups is 1. The van der Waals surface area contributed by atoms with Crippen molar-refractivity contribution < 1.29 is 14.3 Å². The molecule has 0 unspecified atom stereocenters. The van der Waals surface area contributed by atoms with Crippen molar-refractivity contribution in [1.29, 1.82) is 0 Å². The van der Waals surface area contributed by atoms with E-state index in [9.17, 15) is 4.79 Å². The molecular formula is C7H10O3. The molecule has 0 aromatic rings. The molecule has 1 aliphatic rings. The fourth-order valence-corrected chi connectivity index (χ4v) is 0.892. The van der Waals surface area contributed by atoms with Crippen LogP contribution in [0, 0.1) is 0 Å². The number of cyclic esters (lactones) is 1. The van der Waals surface area contributed by atoms with Gasteiger partial charge in [-0.05, 0) is 13.8 Å². The van der Waals surface area contributed by atoms with Crippen LogP contribution in [0.3, 0.4) is 0 Å². The van der Waals surface area contributed by atoms with Gasteiger partial charge in [-0.3, -0.25) is 0 Å². The fourth-order valence-electron chi connectivity index (χ4n) is 0.892. The van der Waals surface area contributed by atoms with Gasteiger partial charge in [-0.1, -0.05) is 0 Å². The molecule has 0 saturated heterocycles. The van der Waals surface area contributed by atoms with E-state index in [2.05, 4.69) is 0 Å². The first kappa shape index (κ1) is 7.12. The standard InChI is InChI=1S/C7H10O3/c1-4-5(2)10-7(8)6(4)9-3/h5H,1-3H3/t5-/m0/s1. The van der Waals surface area contributed by atoms with Crippen molar-refractivity contribution in [3.63, 3.8) is 0 Å². The van der Waals surface area contributed by atoms with Crippen molar-refractivity contribution in [1.82, 2.24) is 0 Å². The van der Waals surface area contributed by atoms with Gasteiger partial charge in [0.1, 0.15) is 6.10 Å². The van der Waals surface area contributed by atoms with E-state index < -0.39 is 0 Å². The van der Waals surface area contributed by atoms with E-state index >= 15 is 0 Å². The Bertz CT molecular complexity index is 193. The molecule has 0 N–H and O–H groups in total. The summed E-state index contributed by atoms with van der Waals surface area (Å²) in [6.45, 7) is 3.65. The van der Waals surface area contributed by atoms with E-state index in [0.717, 1.165) is 5.57 Å². The Hall–Kier alpha value is -0.990. The Morgan fingerprint density at radius 1 is 1.60 bits per heavy atom. The highest BCUT2D eigenvalue weighted by molar-refractivity contribution is 5.89. The average Bonchev–Trinajstić information content (AvgIpc) is 2.09. The molecule has 1 atom stereocenters. The molecule has 3 nitrogen and oxygen atoms in total. The molecule has 0 bridgehead atoms. The molecule has 0 aliphatic carbocycles. The zero-order valence-electron chi connectivity index (χ0n) is 6.30. The lowest BCUT2D eigenvalue weighted by Gasteiger charge is -1.99.